The van der Waals surface area contributed by atoms with Gasteiger partial charge in [-0.1, -0.05) is 171 Å². The van der Waals surface area contributed by atoms with E-state index in [-0.39, 0.29) is 33.8 Å². The van der Waals surface area contributed by atoms with Crippen molar-refractivity contribution in [1.82, 2.24) is 0 Å². The zero-order chi connectivity index (χ0) is 47.7. The molecule has 1 aromatic heterocycles. The van der Waals surface area contributed by atoms with Crippen LogP contribution in [0.1, 0.15) is 132 Å². The number of benzene rings is 7. The minimum absolute atomic E-state index is 0.0179. The molecular weight excluding hydrogens is 832 g/mol. The van der Waals surface area contributed by atoms with Gasteiger partial charge in [-0.15, -0.1) is 11.3 Å². The molecular formula is C62H67BN2OS. The Kier molecular flexibility index (Phi) is 10.3. The van der Waals surface area contributed by atoms with Crippen molar-refractivity contribution < 1.29 is 4.74 Å². The number of hydrogen-bond donors (Lipinski definition) is 0. The Morgan fingerprint density at radius 3 is 1.51 bits per heavy atom. The lowest BCUT2D eigenvalue weighted by Gasteiger charge is -2.42. The molecule has 2 aliphatic heterocycles. The maximum atomic E-state index is 7.18. The molecule has 8 aromatic rings. The maximum absolute atomic E-state index is 7.18. The fourth-order valence-corrected chi connectivity index (χ4v) is 11.3. The van der Waals surface area contributed by atoms with E-state index in [9.17, 15) is 0 Å². The third kappa shape index (κ3) is 7.85. The summed E-state index contributed by atoms with van der Waals surface area (Å²) in [5.41, 5.74) is 17.1. The van der Waals surface area contributed by atoms with Gasteiger partial charge in [0.05, 0.1) is 5.69 Å². The molecule has 0 N–H and O–H groups in total. The van der Waals surface area contributed by atoms with Crippen LogP contribution in [-0.4, -0.2) is 6.71 Å². The smallest absolute Gasteiger partial charge is 0.256 e. The first-order valence-electron chi connectivity index (χ1n) is 24.3. The predicted molar refractivity (Wildman–Crippen MR) is 293 cm³/mol. The van der Waals surface area contributed by atoms with E-state index in [1.807, 2.05) is 11.3 Å². The molecule has 10 rings (SSSR count). The Morgan fingerprint density at radius 2 is 0.940 bits per heavy atom. The fraction of sp³-hybridized carbons (Fsp3) is 0.323. The standard InChI is InChI=1S/C62H67BN2OS/c1-58(2,3)38-20-26-43(27-21-38)64(44-28-22-39(23-29-44)59(4,5)6)45-36-50(56-46-18-16-17-19-54(46)67-55(56)37-45)65-49-30-24-40(60(7,8)9)32-47(49)63-48-33-41(61(10,11)12)25-31-52(48)66-53-35-42(62(13,14)15)34-51(65)57(53)63/h16-37H,1-15H3. The van der Waals surface area contributed by atoms with Gasteiger partial charge < -0.3 is 14.5 Å². The summed E-state index contributed by atoms with van der Waals surface area (Å²) in [5, 5.41) is 2.54. The summed E-state index contributed by atoms with van der Waals surface area (Å²) in [7, 11) is 0. The molecule has 0 atom stereocenters. The third-order valence-electron chi connectivity index (χ3n) is 14.3. The highest BCUT2D eigenvalue weighted by Crippen LogP contribution is 2.51. The molecule has 340 valence electrons. The van der Waals surface area contributed by atoms with Crippen LogP contribution >= 0.6 is 11.3 Å². The molecule has 0 radical (unpaired) electrons. The molecule has 67 heavy (non-hydrogen) atoms. The first-order valence-corrected chi connectivity index (χ1v) is 25.1. The summed E-state index contributed by atoms with van der Waals surface area (Å²) < 4.78 is 9.71. The van der Waals surface area contributed by atoms with Crippen LogP contribution in [0.2, 0.25) is 0 Å². The first kappa shape index (κ1) is 45.0. The van der Waals surface area contributed by atoms with Gasteiger partial charge in [0.1, 0.15) is 11.5 Å². The van der Waals surface area contributed by atoms with Crippen molar-refractivity contribution in [2.24, 2.45) is 0 Å². The summed E-state index contributed by atoms with van der Waals surface area (Å²) in [5.74, 6) is 1.89. The molecule has 0 spiro atoms. The van der Waals surface area contributed by atoms with E-state index in [4.69, 9.17) is 4.74 Å². The van der Waals surface area contributed by atoms with Gasteiger partial charge in [-0.3, -0.25) is 0 Å². The molecule has 0 aliphatic carbocycles. The van der Waals surface area contributed by atoms with Crippen LogP contribution in [0.3, 0.4) is 0 Å². The van der Waals surface area contributed by atoms with Crippen LogP contribution in [0.25, 0.3) is 20.2 Å². The number of anilines is 6. The number of ether oxygens (including phenoxy) is 1. The molecule has 0 bridgehead atoms. The normalized spacial score (nSPS) is 14.0. The highest BCUT2D eigenvalue weighted by Gasteiger charge is 2.44. The largest absolute Gasteiger partial charge is 0.458 e. The summed E-state index contributed by atoms with van der Waals surface area (Å²) in [4.78, 5) is 5.08. The van der Waals surface area contributed by atoms with Crippen LogP contribution in [-0.2, 0) is 27.1 Å². The number of rotatable bonds is 4. The second-order valence-corrected chi connectivity index (χ2v) is 25.5. The lowest BCUT2D eigenvalue weighted by Crippen LogP contribution is -2.60. The third-order valence-corrected chi connectivity index (χ3v) is 15.4. The van der Waals surface area contributed by atoms with Gasteiger partial charge in [-0.25, -0.2) is 0 Å². The number of thiophene rings is 1. The van der Waals surface area contributed by atoms with Crippen molar-refractivity contribution >= 4 is 88.7 Å². The van der Waals surface area contributed by atoms with Crippen LogP contribution in [0, 0.1) is 0 Å². The van der Waals surface area contributed by atoms with E-state index in [0.717, 1.165) is 28.6 Å². The van der Waals surface area contributed by atoms with E-state index < -0.39 is 0 Å². The molecule has 5 heteroatoms. The molecule has 0 unspecified atom stereocenters. The van der Waals surface area contributed by atoms with Gasteiger partial charge in [0.2, 0.25) is 0 Å². The van der Waals surface area contributed by atoms with Crippen LogP contribution in [0.4, 0.5) is 34.1 Å². The fourth-order valence-electron chi connectivity index (χ4n) is 10.2. The lowest BCUT2D eigenvalue weighted by molar-refractivity contribution is 0.482. The molecule has 0 amide bonds. The second-order valence-electron chi connectivity index (χ2n) is 24.4. The van der Waals surface area contributed by atoms with Gasteiger partial charge in [-0.2, -0.15) is 0 Å². The summed E-state index contributed by atoms with van der Waals surface area (Å²) in [6.45, 7) is 34.6. The van der Waals surface area contributed by atoms with Gasteiger partial charge in [0.15, 0.2) is 0 Å². The first-order chi connectivity index (χ1) is 31.4. The van der Waals surface area contributed by atoms with Gasteiger partial charge in [0.25, 0.3) is 6.71 Å². The van der Waals surface area contributed by atoms with Crippen molar-refractivity contribution in [2.45, 2.75) is 131 Å². The minimum atomic E-state index is -0.135. The maximum Gasteiger partial charge on any atom is 0.256 e. The van der Waals surface area contributed by atoms with Crippen LogP contribution < -0.4 is 30.9 Å². The monoisotopic (exact) mass is 899 g/mol. The highest BCUT2D eigenvalue weighted by atomic mass is 32.1. The molecule has 3 heterocycles. The van der Waals surface area contributed by atoms with E-state index >= 15 is 0 Å². The lowest BCUT2D eigenvalue weighted by atomic mass is 9.33. The molecule has 0 fully saturated rings. The van der Waals surface area contributed by atoms with Crippen molar-refractivity contribution in [3.05, 3.63) is 161 Å². The zero-order valence-electron chi connectivity index (χ0n) is 42.5. The molecule has 2 aliphatic rings. The number of fused-ring (bicyclic) bond motifs is 7. The summed E-state index contributed by atoms with van der Waals surface area (Å²) >= 11 is 1.89. The van der Waals surface area contributed by atoms with Crippen molar-refractivity contribution in [3.63, 3.8) is 0 Å². The zero-order valence-corrected chi connectivity index (χ0v) is 43.3. The molecule has 0 saturated heterocycles. The topological polar surface area (TPSA) is 15.7 Å². The Balaban J connectivity index is 1.31. The molecule has 7 aromatic carbocycles. The quantitative estimate of drug-likeness (QED) is 0.164. The molecule has 3 nitrogen and oxygen atoms in total. The number of hydrogen-bond acceptors (Lipinski definition) is 4. The van der Waals surface area contributed by atoms with E-state index in [1.165, 1.54) is 81.4 Å². The summed E-state index contributed by atoms with van der Waals surface area (Å²) in [6.07, 6.45) is 0. The van der Waals surface area contributed by atoms with Crippen LogP contribution in [0.5, 0.6) is 11.5 Å². The van der Waals surface area contributed by atoms with E-state index in [2.05, 4.69) is 247 Å². The van der Waals surface area contributed by atoms with Crippen LogP contribution in [0.15, 0.2) is 133 Å². The molecule has 0 saturated carbocycles. The van der Waals surface area contributed by atoms with Gasteiger partial charge >= 0.3 is 0 Å². The average molecular weight is 899 g/mol. The second kappa shape index (κ2) is 15.4. The SMILES string of the molecule is CC(C)(C)c1ccc(N(c2ccc(C(C)(C)C)cc2)c2cc(N3c4ccc(C(C)(C)C)cc4B4c5cc(C(C)(C)C)ccc5Oc5cc(C(C)(C)C)cc3c54)c3c(c2)sc2ccccc23)cc1. The highest BCUT2D eigenvalue weighted by molar-refractivity contribution is 7.26. The summed E-state index contributed by atoms with van der Waals surface area (Å²) in [6, 6.07) is 51.4. The predicted octanol–water partition coefficient (Wildman–Crippen LogP) is 16.4. The van der Waals surface area contributed by atoms with Gasteiger partial charge in [0, 0.05) is 48.6 Å². The van der Waals surface area contributed by atoms with E-state index in [1.54, 1.807) is 0 Å². The average Bonchev–Trinajstić information content (AvgIpc) is 3.63. The van der Waals surface area contributed by atoms with E-state index in [0.29, 0.717) is 0 Å². The Labute approximate surface area is 404 Å². The van der Waals surface area contributed by atoms with Gasteiger partial charge in [-0.05, 0) is 138 Å². The Bertz CT molecular complexity index is 3170. The van der Waals surface area contributed by atoms with Crippen molar-refractivity contribution in [2.75, 3.05) is 9.80 Å². The Hall–Kier alpha value is -5.78. The Morgan fingerprint density at radius 1 is 0.418 bits per heavy atom. The number of nitrogens with zero attached hydrogens (tertiary/aromatic N) is 2. The minimum Gasteiger partial charge on any atom is -0.458 e. The van der Waals surface area contributed by atoms with Crippen molar-refractivity contribution in [1.29, 1.82) is 0 Å². The van der Waals surface area contributed by atoms with Crippen molar-refractivity contribution in [3.8, 4) is 11.5 Å².